The summed E-state index contributed by atoms with van der Waals surface area (Å²) in [5.41, 5.74) is 1.85. The fraction of sp³-hybridized carbons (Fsp3) is 0.500. The second kappa shape index (κ2) is 4.28. The lowest BCUT2D eigenvalue weighted by Gasteiger charge is -2.17. The molecule has 0 nitrogen and oxygen atoms in total. The molecule has 0 radical (unpaired) electrons. The molecule has 1 rings (SSSR count). The molecule has 0 aromatic heterocycles. The van der Waals surface area contributed by atoms with Gasteiger partial charge < -0.3 is 0 Å². The summed E-state index contributed by atoms with van der Waals surface area (Å²) in [6.07, 6.45) is 2.41. The van der Waals surface area contributed by atoms with Gasteiger partial charge in [-0.25, -0.2) is 0 Å². The first kappa shape index (κ1) is 10.8. The molecule has 0 saturated heterocycles. The maximum absolute atomic E-state index is 3.48. The molecule has 0 amide bonds. The molecule has 0 unspecified atom stereocenters. The van der Waals surface area contributed by atoms with E-state index in [4.69, 9.17) is 0 Å². The molecule has 0 N–H and O–H groups in total. The average Bonchev–Trinajstić information content (AvgIpc) is 2.00. The Hall–Kier alpha value is -0.300. The minimum Gasteiger partial charge on any atom is -0.0609 e. The molecular formula is C12H17Br. The van der Waals surface area contributed by atoms with Crippen molar-refractivity contribution >= 4 is 15.9 Å². The van der Waals surface area contributed by atoms with Crippen LogP contribution < -0.4 is 0 Å². The van der Waals surface area contributed by atoms with Crippen molar-refractivity contribution in [2.45, 2.75) is 33.6 Å². The molecule has 1 aromatic carbocycles. The van der Waals surface area contributed by atoms with Gasteiger partial charge in [0.2, 0.25) is 0 Å². The molecule has 0 aliphatic carbocycles. The van der Waals surface area contributed by atoms with Gasteiger partial charge in [0.1, 0.15) is 0 Å². The summed E-state index contributed by atoms with van der Waals surface area (Å²) in [6, 6.07) is 8.56. The highest BCUT2D eigenvalue weighted by Crippen LogP contribution is 2.22. The number of benzene rings is 1. The Morgan fingerprint density at radius 2 is 1.92 bits per heavy atom. The molecule has 0 spiro atoms. The smallest absolute Gasteiger partial charge is 0.0177 e. The van der Waals surface area contributed by atoms with Crippen molar-refractivity contribution in [3.05, 3.63) is 34.3 Å². The molecule has 0 atom stereocenters. The quantitative estimate of drug-likeness (QED) is 0.718. The highest BCUT2D eigenvalue weighted by Gasteiger charge is 2.09. The van der Waals surface area contributed by atoms with E-state index in [-0.39, 0.29) is 0 Å². The van der Waals surface area contributed by atoms with Crippen molar-refractivity contribution in [2.75, 3.05) is 0 Å². The summed E-state index contributed by atoms with van der Waals surface area (Å²) < 4.78 is 1.18. The molecule has 1 aromatic rings. The monoisotopic (exact) mass is 240 g/mol. The van der Waals surface area contributed by atoms with Gasteiger partial charge in [0, 0.05) is 4.47 Å². The van der Waals surface area contributed by atoms with Gasteiger partial charge in [0.15, 0.2) is 0 Å². The number of rotatable bonds is 2. The van der Waals surface area contributed by atoms with Crippen LogP contribution in [0.4, 0.5) is 0 Å². The SMILES string of the molecule is CC(C)(C)CCc1cccc(Br)c1. The van der Waals surface area contributed by atoms with Crippen molar-refractivity contribution in [1.29, 1.82) is 0 Å². The highest BCUT2D eigenvalue weighted by atomic mass is 79.9. The van der Waals surface area contributed by atoms with E-state index in [9.17, 15) is 0 Å². The summed E-state index contributed by atoms with van der Waals surface area (Å²) in [5.74, 6) is 0. The third-order valence-corrected chi connectivity index (χ3v) is 2.55. The van der Waals surface area contributed by atoms with Crippen LogP contribution in [0.15, 0.2) is 28.7 Å². The molecular weight excluding hydrogens is 224 g/mol. The van der Waals surface area contributed by atoms with Crippen molar-refractivity contribution in [2.24, 2.45) is 5.41 Å². The maximum atomic E-state index is 3.48. The molecule has 72 valence electrons. The summed E-state index contributed by atoms with van der Waals surface area (Å²) >= 11 is 3.48. The Labute approximate surface area is 89.5 Å². The van der Waals surface area contributed by atoms with Gasteiger partial charge in [-0.1, -0.05) is 48.8 Å². The van der Waals surface area contributed by atoms with Crippen molar-refractivity contribution in [3.63, 3.8) is 0 Å². The topological polar surface area (TPSA) is 0 Å². The molecule has 0 bridgehead atoms. The predicted molar refractivity (Wildman–Crippen MR) is 61.9 cm³/mol. The maximum Gasteiger partial charge on any atom is 0.0177 e. The van der Waals surface area contributed by atoms with E-state index in [1.165, 1.54) is 22.9 Å². The normalized spacial score (nSPS) is 11.7. The van der Waals surface area contributed by atoms with Crippen LogP contribution in [0.25, 0.3) is 0 Å². The number of aryl methyl sites for hydroxylation is 1. The average molecular weight is 241 g/mol. The summed E-state index contributed by atoms with van der Waals surface area (Å²) in [7, 11) is 0. The lowest BCUT2D eigenvalue weighted by atomic mass is 9.89. The van der Waals surface area contributed by atoms with E-state index in [2.05, 4.69) is 61.0 Å². The van der Waals surface area contributed by atoms with E-state index in [1.54, 1.807) is 0 Å². The first-order chi connectivity index (χ1) is 5.97. The van der Waals surface area contributed by atoms with Crippen LogP contribution in [-0.2, 0) is 6.42 Å². The van der Waals surface area contributed by atoms with Gasteiger partial charge in [0.25, 0.3) is 0 Å². The third-order valence-electron chi connectivity index (χ3n) is 2.05. The molecule has 13 heavy (non-hydrogen) atoms. The van der Waals surface area contributed by atoms with E-state index >= 15 is 0 Å². The fourth-order valence-corrected chi connectivity index (χ4v) is 1.66. The molecule has 0 saturated carbocycles. The summed E-state index contributed by atoms with van der Waals surface area (Å²) in [5, 5.41) is 0. The van der Waals surface area contributed by atoms with Crippen LogP contribution >= 0.6 is 15.9 Å². The van der Waals surface area contributed by atoms with Crippen LogP contribution in [0.2, 0.25) is 0 Å². The Morgan fingerprint density at radius 1 is 1.23 bits per heavy atom. The lowest BCUT2D eigenvalue weighted by Crippen LogP contribution is -2.06. The van der Waals surface area contributed by atoms with Gasteiger partial charge in [-0.05, 0) is 36.0 Å². The van der Waals surface area contributed by atoms with Gasteiger partial charge in [-0.2, -0.15) is 0 Å². The van der Waals surface area contributed by atoms with Crippen LogP contribution in [0, 0.1) is 5.41 Å². The Morgan fingerprint density at radius 3 is 2.46 bits per heavy atom. The first-order valence-electron chi connectivity index (χ1n) is 4.72. The zero-order valence-corrected chi connectivity index (χ0v) is 10.2. The minimum absolute atomic E-state index is 0.433. The zero-order chi connectivity index (χ0) is 9.90. The van der Waals surface area contributed by atoms with E-state index < -0.39 is 0 Å². The van der Waals surface area contributed by atoms with Crippen molar-refractivity contribution in [3.8, 4) is 0 Å². The summed E-state index contributed by atoms with van der Waals surface area (Å²) in [4.78, 5) is 0. The molecule has 0 heterocycles. The van der Waals surface area contributed by atoms with Crippen molar-refractivity contribution < 1.29 is 0 Å². The van der Waals surface area contributed by atoms with Gasteiger partial charge in [0.05, 0.1) is 0 Å². The molecule has 1 heteroatoms. The molecule has 0 fully saturated rings. The Balaban J connectivity index is 2.55. The minimum atomic E-state index is 0.433. The third kappa shape index (κ3) is 4.47. The number of halogens is 1. The predicted octanol–water partition coefficient (Wildman–Crippen LogP) is 4.43. The van der Waals surface area contributed by atoms with Crippen LogP contribution in [0.1, 0.15) is 32.8 Å². The van der Waals surface area contributed by atoms with Gasteiger partial charge >= 0.3 is 0 Å². The summed E-state index contributed by atoms with van der Waals surface area (Å²) in [6.45, 7) is 6.85. The van der Waals surface area contributed by atoms with Gasteiger partial charge in [-0.15, -0.1) is 0 Å². The largest absolute Gasteiger partial charge is 0.0609 e. The van der Waals surface area contributed by atoms with E-state index in [0.29, 0.717) is 5.41 Å². The molecule has 0 aliphatic rings. The highest BCUT2D eigenvalue weighted by molar-refractivity contribution is 9.10. The van der Waals surface area contributed by atoms with Crippen LogP contribution in [0.5, 0.6) is 0 Å². The van der Waals surface area contributed by atoms with Gasteiger partial charge in [-0.3, -0.25) is 0 Å². The number of hydrogen-bond donors (Lipinski definition) is 0. The standard InChI is InChI=1S/C12H17Br/c1-12(2,3)8-7-10-5-4-6-11(13)9-10/h4-6,9H,7-8H2,1-3H3. The Bertz CT molecular complexity index is 271. The lowest BCUT2D eigenvalue weighted by molar-refractivity contribution is 0.378. The van der Waals surface area contributed by atoms with E-state index in [0.717, 1.165) is 0 Å². The first-order valence-corrected chi connectivity index (χ1v) is 5.51. The fourth-order valence-electron chi connectivity index (χ4n) is 1.21. The molecule has 0 aliphatic heterocycles. The Kier molecular flexibility index (Phi) is 3.55. The number of hydrogen-bond acceptors (Lipinski definition) is 0. The second-order valence-electron chi connectivity index (χ2n) is 4.69. The van der Waals surface area contributed by atoms with E-state index in [1.807, 2.05) is 0 Å². The zero-order valence-electron chi connectivity index (χ0n) is 8.60. The second-order valence-corrected chi connectivity index (χ2v) is 5.61. The van der Waals surface area contributed by atoms with Crippen molar-refractivity contribution in [1.82, 2.24) is 0 Å². The van der Waals surface area contributed by atoms with Crippen LogP contribution in [0.3, 0.4) is 0 Å². The van der Waals surface area contributed by atoms with Crippen LogP contribution in [-0.4, -0.2) is 0 Å².